The van der Waals surface area contributed by atoms with Crippen molar-refractivity contribution < 1.29 is 13.9 Å². The van der Waals surface area contributed by atoms with Gasteiger partial charge in [0.25, 0.3) is 5.91 Å². The molecule has 1 N–H and O–H groups in total. The number of amides is 1. The summed E-state index contributed by atoms with van der Waals surface area (Å²) >= 11 is 3.41. The van der Waals surface area contributed by atoms with Crippen molar-refractivity contribution in [3.05, 3.63) is 88.9 Å². The molecular weight excluding hydrogens is 463 g/mol. The normalized spacial score (nSPS) is 10.7. The molecule has 1 amide bonds. The second kappa shape index (κ2) is 9.09. The zero-order chi connectivity index (χ0) is 21.8. The molecule has 156 valence electrons. The predicted octanol–water partition coefficient (Wildman–Crippen LogP) is 5.49. The summed E-state index contributed by atoms with van der Waals surface area (Å²) in [6.45, 7) is 2.47. The predicted molar refractivity (Wildman–Crippen MR) is 120 cm³/mol. The highest BCUT2D eigenvalue weighted by Crippen LogP contribution is 2.24. The first kappa shape index (κ1) is 20.7. The fraction of sp³-hybridized carbons (Fsp3) is 0.0870. The van der Waals surface area contributed by atoms with Crippen LogP contribution in [0.1, 0.15) is 17.5 Å². The van der Waals surface area contributed by atoms with Gasteiger partial charge in [0.2, 0.25) is 5.82 Å². The maximum atomic E-state index is 13.4. The van der Waals surface area contributed by atoms with Gasteiger partial charge in [0, 0.05) is 15.7 Å². The Balaban J connectivity index is 1.67. The van der Waals surface area contributed by atoms with Crippen molar-refractivity contribution in [3.63, 3.8) is 0 Å². The molecule has 4 rings (SSSR count). The summed E-state index contributed by atoms with van der Waals surface area (Å²) in [6.07, 6.45) is 0. The molecule has 4 aromatic rings. The monoisotopic (exact) mass is 480 g/mol. The fourth-order valence-corrected chi connectivity index (χ4v) is 3.21. The molecule has 0 saturated carbocycles. The molecule has 0 atom stereocenters. The number of hydrogen-bond donors (Lipinski definition) is 1. The van der Waals surface area contributed by atoms with Crippen LogP contribution < -0.4 is 10.1 Å². The molecule has 0 saturated heterocycles. The van der Waals surface area contributed by atoms with Gasteiger partial charge in [-0.05, 0) is 67.6 Å². The third kappa shape index (κ3) is 4.80. The van der Waals surface area contributed by atoms with Crippen LogP contribution in [-0.2, 0) is 0 Å². The van der Waals surface area contributed by atoms with E-state index in [-0.39, 0.29) is 11.6 Å². The number of nitrogens with zero attached hydrogens (tertiary/aromatic N) is 3. The quantitative estimate of drug-likeness (QED) is 0.396. The molecule has 0 bridgehead atoms. The number of aromatic nitrogens is 3. The highest BCUT2D eigenvalue weighted by atomic mass is 79.9. The average Bonchev–Trinajstić information content (AvgIpc) is 3.22. The van der Waals surface area contributed by atoms with E-state index in [0.29, 0.717) is 23.8 Å². The van der Waals surface area contributed by atoms with E-state index in [1.807, 2.05) is 31.2 Å². The number of ether oxygens (including phenoxy) is 1. The molecule has 0 aliphatic heterocycles. The first-order valence-electron chi connectivity index (χ1n) is 9.56. The molecule has 31 heavy (non-hydrogen) atoms. The molecular formula is C23H18BrFN4O2. The summed E-state index contributed by atoms with van der Waals surface area (Å²) in [5.74, 6) is 0.370. The van der Waals surface area contributed by atoms with Gasteiger partial charge in [-0.3, -0.25) is 4.79 Å². The van der Waals surface area contributed by atoms with E-state index in [2.05, 4.69) is 31.3 Å². The Bertz CT molecular complexity index is 1130. The number of carbonyl (C=O) groups excluding carboxylic acids is 1. The van der Waals surface area contributed by atoms with E-state index in [9.17, 15) is 9.18 Å². The molecule has 6 nitrogen and oxygen atoms in total. The molecule has 1 aromatic heterocycles. The van der Waals surface area contributed by atoms with Crippen molar-refractivity contribution in [2.75, 3.05) is 11.9 Å². The summed E-state index contributed by atoms with van der Waals surface area (Å²) in [5.41, 5.74) is 1.95. The maximum absolute atomic E-state index is 13.4. The van der Waals surface area contributed by atoms with Gasteiger partial charge in [0.1, 0.15) is 11.6 Å². The van der Waals surface area contributed by atoms with E-state index in [0.717, 1.165) is 15.8 Å². The van der Waals surface area contributed by atoms with Crippen LogP contribution in [0.15, 0.2) is 77.3 Å². The number of anilines is 1. The molecule has 0 unspecified atom stereocenters. The van der Waals surface area contributed by atoms with Gasteiger partial charge >= 0.3 is 0 Å². The zero-order valence-electron chi connectivity index (χ0n) is 16.5. The lowest BCUT2D eigenvalue weighted by molar-refractivity contribution is 0.101. The lowest BCUT2D eigenvalue weighted by Gasteiger charge is -2.06. The average molecular weight is 481 g/mol. The Hall–Kier alpha value is -3.52. The minimum atomic E-state index is -0.455. The third-order valence-electron chi connectivity index (χ3n) is 4.41. The zero-order valence-corrected chi connectivity index (χ0v) is 18.1. The Morgan fingerprint density at radius 1 is 1.03 bits per heavy atom. The van der Waals surface area contributed by atoms with Gasteiger partial charge in [-0.15, -0.1) is 5.10 Å². The SMILES string of the molecule is CCOc1ccc(NC(=O)c2nc(-c3ccc(Br)cc3)n(-c3ccc(F)cc3)n2)cc1. The van der Waals surface area contributed by atoms with Crippen molar-refractivity contribution in [2.45, 2.75) is 6.92 Å². The maximum Gasteiger partial charge on any atom is 0.295 e. The Morgan fingerprint density at radius 3 is 2.35 bits per heavy atom. The molecule has 0 aliphatic rings. The van der Waals surface area contributed by atoms with Crippen LogP contribution in [-0.4, -0.2) is 27.3 Å². The molecule has 3 aromatic carbocycles. The van der Waals surface area contributed by atoms with Gasteiger partial charge in [0.15, 0.2) is 5.82 Å². The van der Waals surface area contributed by atoms with Crippen molar-refractivity contribution >= 4 is 27.5 Å². The molecule has 0 spiro atoms. The Morgan fingerprint density at radius 2 is 1.71 bits per heavy atom. The number of benzene rings is 3. The number of nitrogens with one attached hydrogen (secondary N) is 1. The van der Waals surface area contributed by atoms with E-state index in [4.69, 9.17) is 4.74 Å². The van der Waals surface area contributed by atoms with Crippen LogP contribution in [0.2, 0.25) is 0 Å². The summed E-state index contributed by atoms with van der Waals surface area (Å²) in [5, 5.41) is 7.18. The lowest BCUT2D eigenvalue weighted by atomic mass is 10.2. The number of carbonyl (C=O) groups is 1. The summed E-state index contributed by atoms with van der Waals surface area (Å²) < 4.78 is 21.3. The fourth-order valence-electron chi connectivity index (χ4n) is 2.94. The minimum absolute atomic E-state index is 0.00358. The van der Waals surface area contributed by atoms with Gasteiger partial charge in [-0.1, -0.05) is 28.1 Å². The second-order valence-electron chi connectivity index (χ2n) is 6.57. The van der Waals surface area contributed by atoms with Crippen molar-refractivity contribution in [1.82, 2.24) is 14.8 Å². The Labute approximate surface area is 186 Å². The third-order valence-corrected chi connectivity index (χ3v) is 4.94. The summed E-state index contributed by atoms with van der Waals surface area (Å²) in [4.78, 5) is 17.3. The van der Waals surface area contributed by atoms with E-state index >= 15 is 0 Å². The number of rotatable bonds is 6. The molecule has 0 aliphatic carbocycles. The van der Waals surface area contributed by atoms with E-state index in [1.54, 1.807) is 36.4 Å². The topological polar surface area (TPSA) is 69.0 Å². The van der Waals surface area contributed by atoms with Crippen LogP contribution in [0.25, 0.3) is 17.1 Å². The minimum Gasteiger partial charge on any atom is -0.494 e. The van der Waals surface area contributed by atoms with Gasteiger partial charge in [-0.25, -0.2) is 14.1 Å². The highest BCUT2D eigenvalue weighted by Gasteiger charge is 2.19. The lowest BCUT2D eigenvalue weighted by Crippen LogP contribution is -2.14. The van der Waals surface area contributed by atoms with Crippen LogP contribution in [0.4, 0.5) is 10.1 Å². The van der Waals surface area contributed by atoms with E-state index in [1.165, 1.54) is 16.8 Å². The van der Waals surface area contributed by atoms with Crippen molar-refractivity contribution in [3.8, 4) is 22.8 Å². The first-order chi connectivity index (χ1) is 15.0. The van der Waals surface area contributed by atoms with E-state index < -0.39 is 5.91 Å². The Kier molecular flexibility index (Phi) is 6.08. The van der Waals surface area contributed by atoms with Crippen LogP contribution in [0.3, 0.4) is 0 Å². The van der Waals surface area contributed by atoms with Gasteiger partial charge in [-0.2, -0.15) is 0 Å². The number of hydrogen-bond acceptors (Lipinski definition) is 4. The van der Waals surface area contributed by atoms with Gasteiger partial charge < -0.3 is 10.1 Å². The smallest absolute Gasteiger partial charge is 0.295 e. The summed E-state index contributed by atoms with van der Waals surface area (Å²) in [7, 11) is 0. The standard InChI is InChI=1S/C23H18BrFN4O2/c1-2-31-20-13-9-18(10-14-20)26-23(30)21-27-22(15-3-5-16(24)6-4-15)29(28-21)19-11-7-17(25)8-12-19/h3-14H,2H2,1H3,(H,26,30). The van der Waals surface area contributed by atoms with Crippen LogP contribution in [0.5, 0.6) is 5.75 Å². The molecule has 0 radical (unpaired) electrons. The molecule has 8 heteroatoms. The van der Waals surface area contributed by atoms with Crippen LogP contribution >= 0.6 is 15.9 Å². The second-order valence-corrected chi connectivity index (χ2v) is 7.48. The number of halogens is 2. The van der Waals surface area contributed by atoms with Gasteiger partial charge in [0.05, 0.1) is 12.3 Å². The van der Waals surface area contributed by atoms with Crippen molar-refractivity contribution in [1.29, 1.82) is 0 Å². The summed E-state index contributed by atoms with van der Waals surface area (Å²) in [6, 6.07) is 20.4. The largest absolute Gasteiger partial charge is 0.494 e. The van der Waals surface area contributed by atoms with Crippen molar-refractivity contribution in [2.24, 2.45) is 0 Å². The van der Waals surface area contributed by atoms with Crippen LogP contribution in [0, 0.1) is 5.82 Å². The molecule has 0 fully saturated rings. The molecule has 1 heterocycles. The first-order valence-corrected chi connectivity index (χ1v) is 10.4. The highest BCUT2D eigenvalue weighted by molar-refractivity contribution is 9.10.